The fourth-order valence-corrected chi connectivity index (χ4v) is 2.20. The molecule has 0 aromatic carbocycles. The molecule has 1 aliphatic rings. The molecule has 0 amide bonds. The van der Waals surface area contributed by atoms with Crippen LogP contribution in [0.15, 0.2) is 12.1 Å². The third-order valence-corrected chi connectivity index (χ3v) is 3.10. The Morgan fingerprint density at radius 2 is 2.20 bits per heavy atom. The highest BCUT2D eigenvalue weighted by Gasteiger charge is 2.29. The SMILES string of the molecule is CNc1ccc2c(n1)C(C)(O)CCCC2. The van der Waals surface area contributed by atoms with Gasteiger partial charge in [-0.3, -0.25) is 0 Å². The lowest BCUT2D eigenvalue weighted by Gasteiger charge is -2.23. The van der Waals surface area contributed by atoms with E-state index in [1.165, 1.54) is 5.56 Å². The molecule has 0 radical (unpaired) electrons. The van der Waals surface area contributed by atoms with Crippen LogP contribution in [0, 0.1) is 0 Å². The highest BCUT2D eigenvalue weighted by atomic mass is 16.3. The molecule has 1 aromatic rings. The summed E-state index contributed by atoms with van der Waals surface area (Å²) in [5.41, 5.74) is 1.28. The minimum Gasteiger partial charge on any atom is -0.384 e. The van der Waals surface area contributed by atoms with Gasteiger partial charge in [-0.05, 0) is 44.2 Å². The Bertz CT molecular complexity index is 361. The normalized spacial score (nSPS) is 25.5. The van der Waals surface area contributed by atoms with E-state index < -0.39 is 5.60 Å². The Balaban J connectivity index is 2.48. The number of aromatic nitrogens is 1. The molecule has 3 nitrogen and oxygen atoms in total. The molecule has 2 N–H and O–H groups in total. The molecule has 1 unspecified atom stereocenters. The first-order valence-corrected chi connectivity index (χ1v) is 5.54. The molecule has 1 aliphatic carbocycles. The number of pyridine rings is 1. The van der Waals surface area contributed by atoms with Crippen LogP contribution in [0.1, 0.15) is 37.4 Å². The first kappa shape index (κ1) is 10.4. The summed E-state index contributed by atoms with van der Waals surface area (Å²) >= 11 is 0. The molecule has 0 saturated carbocycles. The van der Waals surface area contributed by atoms with Gasteiger partial charge in [0.25, 0.3) is 0 Å². The van der Waals surface area contributed by atoms with E-state index in [-0.39, 0.29) is 0 Å². The smallest absolute Gasteiger partial charge is 0.126 e. The van der Waals surface area contributed by atoms with Gasteiger partial charge in [-0.2, -0.15) is 0 Å². The second-order valence-electron chi connectivity index (χ2n) is 4.44. The van der Waals surface area contributed by atoms with Crippen LogP contribution in [-0.2, 0) is 12.0 Å². The highest BCUT2D eigenvalue weighted by molar-refractivity contribution is 5.40. The van der Waals surface area contributed by atoms with Gasteiger partial charge >= 0.3 is 0 Å². The predicted molar refractivity (Wildman–Crippen MR) is 60.9 cm³/mol. The topological polar surface area (TPSA) is 45.2 Å². The molecular formula is C12H18N2O. The Labute approximate surface area is 90.5 Å². The van der Waals surface area contributed by atoms with Gasteiger partial charge in [-0.1, -0.05) is 6.07 Å². The van der Waals surface area contributed by atoms with Gasteiger partial charge in [0.1, 0.15) is 11.4 Å². The van der Waals surface area contributed by atoms with E-state index in [1.807, 2.05) is 20.0 Å². The second kappa shape index (κ2) is 3.81. The Hall–Kier alpha value is -1.09. The van der Waals surface area contributed by atoms with Gasteiger partial charge in [0.05, 0.1) is 5.69 Å². The number of aliphatic hydroxyl groups is 1. The van der Waals surface area contributed by atoms with E-state index in [2.05, 4.69) is 16.4 Å². The van der Waals surface area contributed by atoms with Gasteiger partial charge in [-0.25, -0.2) is 4.98 Å². The molecule has 0 aliphatic heterocycles. The lowest BCUT2D eigenvalue weighted by Crippen LogP contribution is -2.23. The van der Waals surface area contributed by atoms with Crippen LogP contribution in [0.25, 0.3) is 0 Å². The monoisotopic (exact) mass is 206 g/mol. The quantitative estimate of drug-likeness (QED) is 0.691. The van der Waals surface area contributed by atoms with Crippen molar-refractivity contribution in [3.05, 3.63) is 23.4 Å². The number of hydrogen-bond acceptors (Lipinski definition) is 3. The number of aryl methyl sites for hydroxylation is 1. The van der Waals surface area contributed by atoms with Gasteiger partial charge < -0.3 is 10.4 Å². The summed E-state index contributed by atoms with van der Waals surface area (Å²) in [4.78, 5) is 4.48. The summed E-state index contributed by atoms with van der Waals surface area (Å²) in [6.45, 7) is 1.86. The van der Waals surface area contributed by atoms with Crippen molar-refractivity contribution >= 4 is 5.82 Å². The molecule has 1 atom stereocenters. The fourth-order valence-electron chi connectivity index (χ4n) is 2.20. The number of anilines is 1. The second-order valence-corrected chi connectivity index (χ2v) is 4.44. The van der Waals surface area contributed by atoms with Crippen LogP contribution < -0.4 is 5.32 Å². The molecule has 0 saturated heterocycles. The zero-order valence-corrected chi connectivity index (χ0v) is 9.38. The van der Waals surface area contributed by atoms with Gasteiger partial charge in [0.15, 0.2) is 0 Å². The van der Waals surface area contributed by atoms with Crippen LogP contribution >= 0.6 is 0 Å². The third-order valence-electron chi connectivity index (χ3n) is 3.10. The molecule has 0 fully saturated rings. The minimum absolute atomic E-state index is 0.765. The lowest BCUT2D eigenvalue weighted by atomic mass is 9.95. The average molecular weight is 206 g/mol. The molecule has 0 bridgehead atoms. The van der Waals surface area contributed by atoms with Crippen LogP contribution in [0.5, 0.6) is 0 Å². The first-order valence-electron chi connectivity index (χ1n) is 5.54. The van der Waals surface area contributed by atoms with Crippen LogP contribution in [0.3, 0.4) is 0 Å². The maximum atomic E-state index is 10.3. The fraction of sp³-hybridized carbons (Fsp3) is 0.583. The Morgan fingerprint density at radius 3 is 2.93 bits per heavy atom. The maximum Gasteiger partial charge on any atom is 0.126 e. The molecule has 82 valence electrons. The van der Waals surface area contributed by atoms with Gasteiger partial charge in [-0.15, -0.1) is 0 Å². The van der Waals surface area contributed by atoms with Crippen molar-refractivity contribution in [1.82, 2.24) is 4.98 Å². The van der Waals surface area contributed by atoms with Crippen molar-refractivity contribution in [2.45, 2.75) is 38.2 Å². The van der Waals surface area contributed by atoms with E-state index in [1.54, 1.807) is 0 Å². The van der Waals surface area contributed by atoms with Gasteiger partial charge in [0, 0.05) is 7.05 Å². The highest BCUT2D eigenvalue weighted by Crippen LogP contribution is 2.32. The van der Waals surface area contributed by atoms with Crippen LogP contribution in [0.2, 0.25) is 0 Å². The molecule has 15 heavy (non-hydrogen) atoms. The zero-order valence-electron chi connectivity index (χ0n) is 9.38. The summed E-state index contributed by atoms with van der Waals surface area (Å²) < 4.78 is 0. The summed E-state index contributed by atoms with van der Waals surface area (Å²) in [5, 5.41) is 13.3. The van der Waals surface area contributed by atoms with E-state index >= 15 is 0 Å². The van der Waals surface area contributed by atoms with Crippen LogP contribution in [0.4, 0.5) is 5.82 Å². The first-order chi connectivity index (χ1) is 7.13. The van der Waals surface area contributed by atoms with Crippen molar-refractivity contribution in [2.24, 2.45) is 0 Å². The Kier molecular flexibility index (Phi) is 2.65. The molecule has 2 rings (SSSR count). The van der Waals surface area contributed by atoms with E-state index in [9.17, 15) is 5.11 Å². The summed E-state index contributed by atoms with van der Waals surface area (Å²) in [6.07, 6.45) is 4.05. The maximum absolute atomic E-state index is 10.3. The van der Waals surface area contributed by atoms with Crippen molar-refractivity contribution < 1.29 is 5.11 Å². The Morgan fingerprint density at radius 1 is 1.40 bits per heavy atom. The number of nitrogens with zero attached hydrogens (tertiary/aromatic N) is 1. The summed E-state index contributed by atoms with van der Waals surface area (Å²) in [7, 11) is 1.85. The van der Waals surface area contributed by atoms with Crippen LogP contribution in [-0.4, -0.2) is 17.1 Å². The molecule has 1 heterocycles. The molecule has 0 spiro atoms. The number of rotatable bonds is 1. The van der Waals surface area contributed by atoms with Crippen molar-refractivity contribution in [3.63, 3.8) is 0 Å². The number of nitrogens with one attached hydrogen (secondary N) is 1. The van der Waals surface area contributed by atoms with Crippen molar-refractivity contribution in [2.75, 3.05) is 12.4 Å². The van der Waals surface area contributed by atoms with E-state index in [0.29, 0.717) is 0 Å². The summed E-state index contributed by atoms with van der Waals surface area (Å²) in [5.74, 6) is 0.830. The third kappa shape index (κ3) is 1.97. The zero-order chi connectivity index (χ0) is 10.9. The largest absolute Gasteiger partial charge is 0.384 e. The lowest BCUT2D eigenvalue weighted by molar-refractivity contribution is 0.0430. The number of fused-ring (bicyclic) bond motifs is 1. The predicted octanol–water partition coefficient (Wildman–Crippen LogP) is 2.06. The summed E-state index contributed by atoms with van der Waals surface area (Å²) in [6, 6.07) is 4.05. The molecule has 3 heteroatoms. The number of hydrogen-bond donors (Lipinski definition) is 2. The van der Waals surface area contributed by atoms with Crippen molar-refractivity contribution in [3.8, 4) is 0 Å². The van der Waals surface area contributed by atoms with E-state index in [0.717, 1.165) is 37.2 Å². The molecule has 1 aromatic heterocycles. The van der Waals surface area contributed by atoms with E-state index in [4.69, 9.17) is 0 Å². The van der Waals surface area contributed by atoms with Gasteiger partial charge in [0.2, 0.25) is 0 Å². The average Bonchev–Trinajstić information content (AvgIpc) is 2.37. The minimum atomic E-state index is -0.765. The van der Waals surface area contributed by atoms with Crippen molar-refractivity contribution in [1.29, 1.82) is 0 Å². The standard InChI is InChI=1S/C12H18N2O/c1-12(15)8-4-3-5-9-6-7-10(13-2)14-11(9)12/h6-7,15H,3-5,8H2,1-2H3,(H,13,14). The molecular weight excluding hydrogens is 188 g/mol.